The number of likely N-dealkylation sites (tertiary alicyclic amines) is 1. The molecule has 0 bridgehead atoms. The number of pyridine rings is 1. The molecule has 1 atom stereocenters. The Bertz CT molecular complexity index is 353. The summed E-state index contributed by atoms with van der Waals surface area (Å²) in [6, 6.07) is 4.86. The van der Waals surface area contributed by atoms with Gasteiger partial charge < -0.3 is 5.32 Å². The molecule has 1 aliphatic heterocycles. The molecule has 1 N–H and O–H groups in total. The van der Waals surface area contributed by atoms with Crippen molar-refractivity contribution in [3.8, 4) is 0 Å². The molecule has 1 fully saturated rings. The first-order valence-electron chi connectivity index (χ1n) is 6.85. The van der Waals surface area contributed by atoms with Crippen LogP contribution in [0.1, 0.15) is 31.9 Å². The zero-order chi connectivity index (χ0) is 12.8. The number of hydrogen-bond donors (Lipinski definition) is 1. The van der Waals surface area contributed by atoms with E-state index >= 15 is 0 Å². The Morgan fingerprint density at radius 1 is 1.44 bits per heavy atom. The van der Waals surface area contributed by atoms with Crippen LogP contribution in [-0.4, -0.2) is 35.6 Å². The molecule has 4 heteroatoms. The number of piperidine rings is 1. The van der Waals surface area contributed by atoms with E-state index in [2.05, 4.69) is 50.2 Å². The minimum atomic E-state index is 0.671. The van der Waals surface area contributed by atoms with Gasteiger partial charge in [0.25, 0.3) is 0 Å². The molecule has 0 radical (unpaired) electrons. The zero-order valence-electron chi connectivity index (χ0n) is 11.0. The lowest BCUT2D eigenvalue weighted by Crippen LogP contribution is -2.45. The predicted molar refractivity (Wildman–Crippen MR) is 78.5 cm³/mol. The van der Waals surface area contributed by atoms with Gasteiger partial charge >= 0.3 is 0 Å². The van der Waals surface area contributed by atoms with Crippen LogP contribution in [0, 0.1) is 0 Å². The average Bonchev–Trinajstić information content (AvgIpc) is 2.40. The van der Waals surface area contributed by atoms with Crippen LogP contribution in [0.15, 0.2) is 22.8 Å². The monoisotopic (exact) mass is 311 g/mol. The maximum atomic E-state index is 4.48. The van der Waals surface area contributed by atoms with E-state index in [4.69, 9.17) is 0 Å². The Morgan fingerprint density at radius 2 is 2.33 bits per heavy atom. The molecule has 100 valence electrons. The molecule has 2 heterocycles. The van der Waals surface area contributed by atoms with Gasteiger partial charge in [0.15, 0.2) is 0 Å². The molecule has 18 heavy (non-hydrogen) atoms. The van der Waals surface area contributed by atoms with E-state index in [-0.39, 0.29) is 0 Å². The molecule has 3 nitrogen and oxygen atoms in total. The van der Waals surface area contributed by atoms with Gasteiger partial charge in [0.05, 0.1) is 5.69 Å². The van der Waals surface area contributed by atoms with Crippen LogP contribution in [0.3, 0.4) is 0 Å². The molecule has 0 aliphatic carbocycles. The first-order chi connectivity index (χ1) is 8.79. The highest BCUT2D eigenvalue weighted by Crippen LogP contribution is 2.19. The van der Waals surface area contributed by atoms with E-state index < -0.39 is 0 Å². The minimum Gasteiger partial charge on any atom is -0.315 e. The Hall–Kier alpha value is -0.450. The summed E-state index contributed by atoms with van der Waals surface area (Å²) < 4.78 is 1.05. The molecular weight excluding hydrogens is 290 g/mol. The molecule has 1 aromatic rings. The lowest BCUT2D eigenvalue weighted by Gasteiger charge is -2.35. The molecule has 1 saturated heterocycles. The molecule has 0 amide bonds. The van der Waals surface area contributed by atoms with Crippen LogP contribution in [-0.2, 0) is 6.54 Å². The van der Waals surface area contributed by atoms with Gasteiger partial charge in [-0.2, -0.15) is 0 Å². The minimum absolute atomic E-state index is 0.671. The van der Waals surface area contributed by atoms with Crippen LogP contribution in [0.25, 0.3) is 0 Å². The second kappa shape index (κ2) is 7.22. The molecule has 0 spiro atoms. The first-order valence-corrected chi connectivity index (χ1v) is 7.64. The third kappa shape index (κ3) is 4.04. The summed E-state index contributed by atoms with van der Waals surface area (Å²) in [6.45, 7) is 6.51. The third-order valence-electron chi connectivity index (χ3n) is 3.53. The Morgan fingerprint density at radius 3 is 3.06 bits per heavy atom. The Balaban J connectivity index is 1.94. The maximum absolute atomic E-state index is 4.48. The van der Waals surface area contributed by atoms with E-state index in [1.54, 1.807) is 0 Å². The van der Waals surface area contributed by atoms with Gasteiger partial charge in [-0.1, -0.05) is 13.3 Å². The van der Waals surface area contributed by atoms with Gasteiger partial charge in [-0.25, -0.2) is 0 Å². The van der Waals surface area contributed by atoms with Gasteiger partial charge in [0.2, 0.25) is 0 Å². The van der Waals surface area contributed by atoms with Crippen molar-refractivity contribution in [3.05, 3.63) is 28.5 Å². The molecule has 0 saturated carbocycles. The van der Waals surface area contributed by atoms with Crippen molar-refractivity contribution >= 4 is 15.9 Å². The summed E-state index contributed by atoms with van der Waals surface area (Å²) in [7, 11) is 0. The number of nitrogens with one attached hydrogen (secondary N) is 1. The summed E-state index contributed by atoms with van der Waals surface area (Å²) in [4.78, 5) is 7.05. The lowest BCUT2D eigenvalue weighted by molar-refractivity contribution is 0.136. The fraction of sp³-hybridized carbons (Fsp3) is 0.643. The smallest absolute Gasteiger partial charge is 0.0544 e. The van der Waals surface area contributed by atoms with Gasteiger partial charge in [0, 0.05) is 29.8 Å². The molecule has 0 aromatic carbocycles. The van der Waals surface area contributed by atoms with Crippen molar-refractivity contribution in [2.75, 3.05) is 19.6 Å². The molecule has 1 aromatic heterocycles. The second-order valence-electron chi connectivity index (χ2n) is 4.90. The standard InChI is InChI=1S/C14H22BrN3/c1-2-16-10-14-5-3-4-8-18(14)11-13-7-6-12(15)9-17-13/h6-7,9,14,16H,2-5,8,10-11H2,1H3. The molecular formula is C14H22BrN3. The van der Waals surface area contributed by atoms with Crippen LogP contribution in [0.2, 0.25) is 0 Å². The molecule has 1 unspecified atom stereocenters. The van der Waals surface area contributed by atoms with Crippen molar-refractivity contribution in [2.45, 2.75) is 38.8 Å². The number of hydrogen-bond acceptors (Lipinski definition) is 3. The fourth-order valence-electron chi connectivity index (χ4n) is 2.52. The van der Waals surface area contributed by atoms with E-state index in [0.29, 0.717) is 6.04 Å². The van der Waals surface area contributed by atoms with Crippen LogP contribution < -0.4 is 5.32 Å². The summed E-state index contributed by atoms with van der Waals surface area (Å²) in [5, 5.41) is 3.47. The number of rotatable bonds is 5. The van der Waals surface area contributed by atoms with Gasteiger partial charge in [-0.05, 0) is 54.0 Å². The SMILES string of the molecule is CCNCC1CCCCN1Cc1ccc(Br)cn1. The maximum Gasteiger partial charge on any atom is 0.0544 e. The Labute approximate surface area is 118 Å². The number of aromatic nitrogens is 1. The zero-order valence-corrected chi connectivity index (χ0v) is 12.6. The van der Waals surface area contributed by atoms with Crippen molar-refractivity contribution in [2.24, 2.45) is 0 Å². The predicted octanol–water partition coefficient (Wildman–Crippen LogP) is 2.81. The van der Waals surface area contributed by atoms with Crippen LogP contribution >= 0.6 is 15.9 Å². The largest absolute Gasteiger partial charge is 0.315 e. The van der Waals surface area contributed by atoms with E-state index in [1.165, 1.54) is 31.5 Å². The summed E-state index contributed by atoms with van der Waals surface area (Å²) >= 11 is 3.43. The first kappa shape index (κ1) is 14.0. The van der Waals surface area contributed by atoms with Crippen molar-refractivity contribution in [1.82, 2.24) is 15.2 Å². The van der Waals surface area contributed by atoms with Gasteiger partial charge in [0.1, 0.15) is 0 Å². The summed E-state index contributed by atoms with van der Waals surface area (Å²) in [5.74, 6) is 0. The van der Waals surface area contributed by atoms with Gasteiger partial charge in [-0.3, -0.25) is 9.88 Å². The average molecular weight is 312 g/mol. The van der Waals surface area contributed by atoms with E-state index in [1.807, 2.05) is 6.20 Å². The summed E-state index contributed by atoms with van der Waals surface area (Å²) in [5.41, 5.74) is 1.17. The number of nitrogens with zero attached hydrogens (tertiary/aromatic N) is 2. The van der Waals surface area contributed by atoms with E-state index in [9.17, 15) is 0 Å². The van der Waals surface area contributed by atoms with Crippen molar-refractivity contribution in [3.63, 3.8) is 0 Å². The summed E-state index contributed by atoms with van der Waals surface area (Å²) in [6.07, 6.45) is 5.88. The fourth-order valence-corrected chi connectivity index (χ4v) is 2.75. The number of halogens is 1. The second-order valence-corrected chi connectivity index (χ2v) is 5.81. The lowest BCUT2D eigenvalue weighted by atomic mass is 10.0. The highest BCUT2D eigenvalue weighted by Gasteiger charge is 2.22. The topological polar surface area (TPSA) is 28.2 Å². The van der Waals surface area contributed by atoms with E-state index in [0.717, 1.165) is 24.1 Å². The third-order valence-corrected chi connectivity index (χ3v) is 4.00. The normalized spacial score (nSPS) is 21.1. The van der Waals surface area contributed by atoms with Crippen LogP contribution in [0.4, 0.5) is 0 Å². The highest BCUT2D eigenvalue weighted by molar-refractivity contribution is 9.10. The Kier molecular flexibility index (Phi) is 5.60. The van der Waals surface area contributed by atoms with Crippen molar-refractivity contribution < 1.29 is 0 Å². The number of likely N-dealkylation sites (N-methyl/N-ethyl adjacent to an activating group) is 1. The highest BCUT2D eigenvalue weighted by atomic mass is 79.9. The van der Waals surface area contributed by atoms with Gasteiger partial charge in [-0.15, -0.1) is 0 Å². The molecule has 1 aliphatic rings. The quantitative estimate of drug-likeness (QED) is 0.906. The van der Waals surface area contributed by atoms with Crippen molar-refractivity contribution in [1.29, 1.82) is 0 Å². The van der Waals surface area contributed by atoms with Crippen LogP contribution in [0.5, 0.6) is 0 Å². The molecule has 2 rings (SSSR count).